The van der Waals surface area contributed by atoms with E-state index in [2.05, 4.69) is 4.98 Å². The lowest BCUT2D eigenvalue weighted by Crippen LogP contribution is -1.60. The van der Waals surface area contributed by atoms with Gasteiger partial charge >= 0.3 is 0 Å². The summed E-state index contributed by atoms with van der Waals surface area (Å²) < 4.78 is 0. The van der Waals surface area contributed by atoms with Gasteiger partial charge in [-0.2, -0.15) is 0 Å². The lowest BCUT2D eigenvalue weighted by molar-refractivity contribution is 1.37. The summed E-state index contributed by atoms with van der Waals surface area (Å²) in [6, 6.07) is 0. The van der Waals surface area contributed by atoms with Gasteiger partial charge in [-0.15, -0.1) is 47.8 Å². The third-order valence-electron chi connectivity index (χ3n) is 0.615. The molecule has 0 N–H and O–H groups in total. The van der Waals surface area contributed by atoms with Crippen LogP contribution < -0.4 is 0 Å². The molecule has 1 heterocycles. The van der Waals surface area contributed by atoms with Crippen molar-refractivity contribution in [1.82, 2.24) is 4.98 Å². The van der Waals surface area contributed by atoms with Gasteiger partial charge in [0.05, 0.1) is 11.4 Å². The predicted octanol–water partition coefficient (Wildman–Crippen LogP) is 2.73. The number of nitrogens with zero attached hydrogens (tertiary/aromatic N) is 1. The molecule has 54 valence electrons. The van der Waals surface area contributed by atoms with Crippen LogP contribution in [0.25, 0.3) is 0 Å². The van der Waals surface area contributed by atoms with Gasteiger partial charge in [0.15, 0.2) is 0 Å². The zero-order chi connectivity index (χ0) is 5.11. The fourth-order valence-corrected chi connectivity index (χ4v) is 1.01. The second-order valence-electron chi connectivity index (χ2n) is 1.10. The van der Waals surface area contributed by atoms with Crippen molar-refractivity contribution in [1.29, 1.82) is 0 Å². The predicted molar refractivity (Wildman–Crippen MR) is 46.2 cm³/mol. The van der Waals surface area contributed by atoms with Crippen molar-refractivity contribution in [3.05, 3.63) is 16.6 Å². The maximum absolute atomic E-state index is 5.44. The SMILES string of the molecule is Cl.Cl.ClCc1cncs1. The molecular weight excluding hydrogens is 200 g/mol. The summed E-state index contributed by atoms with van der Waals surface area (Å²) in [5.41, 5.74) is 1.78. The van der Waals surface area contributed by atoms with Crippen LogP contribution in [0.4, 0.5) is 0 Å². The van der Waals surface area contributed by atoms with Gasteiger partial charge in [-0.25, -0.2) is 0 Å². The van der Waals surface area contributed by atoms with Crippen LogP contribution in [0.15, 0.2) is 11.7 Å². The van der Waals surface area contributed by atoms with E-state index < -0.39 is 0 Å². The Morgan fingerprint density at radius 3 is 2.44 bits per heavy atom. The molecule has 0 amide bonds. The molecule has 5 heteroatoms. The van der Waals surface area contributed by atoms with E-state index in [0.717, 1.165) is 4.88 Å². The molecule has 0 saturated heterocycles. The molecule has 0 bridgehead atoms. The minimum absolute atomic E-state index is 0. The number of thiazole rings is 1. The molecule has 1 aromatic heterocycles. The second kappa shape index (κ2) is 6.62. The number of rotatable bonds is 1. The molecule has 0 aliphatic heterocycles. The van der Waals surface area contributed by atoms with E-state index in [1.807, 2.05) is 0 Å². The topological polar surface area (TPSA) is 12.9 Å². The van der Waals surface area contributed by atoms with Crippen LogP contribution in [-0.2, 0) is 5.88 Å². The molecule has 0 aliphatic rings. The lowest BCUT2D eigenvalue weighted by Gasteiger charge is -1.74. The Kier molecular flexibility index (Phi) is 8.97. The normalized spacial score (nSPS) is 7.22. The van der Waals surface area contributed by atoms with Crippen molar-refractivity contribution in [2.45, 2.75) is 5.88 Å². The number of hydrogen-bond donors (Lipinski definition) is 0. The Hall–Kier alpha value is 0.500. The van der Waals surface area contributed by atoms with Crippen LogP contribution in [0.1, 0.15) is 4.88 Å². The van der Waals surface area contributed by atoms with Gasteiger partial charge < -0.3 is 0 Å². The van der Waals surface area contributed by atoms with E-state index in [0.29, 0.717) is 5.88 Å². The number of alkyl halides is 1. The fourth-order valence-electron chi connectivity index (χ4n) is 0.308. The lowest BCUT2D eigenvalue weighted by atomic mass is 10.6. The van der Waals surface area contributed by atoms with Crippen molar-refractivity contribution >= 4 is 47.8 Å². The summed E-state index contributed by atoms with van der Waals surface area (Å²) in [6.45, 7) is 0. The Balaban J connectivity index is 0. The molecule has 0 unspecified atom stereocenters. The standard InChI is InChI=1S/C4H4ClNS.2ClH/c5-1-4-2-6-3-7-4;;/h2-3H,1H2;2*1H. The molecule has 1 nitrogen and oxygen atoms in total. The highest BCUT2D eigenvalue weighted by atomic mass is 35.5. The van der Waals surface area contributed by atoms with Gasteiger partial charge in [0.2, 0.25) is 0 Å². The molecule has 9 heavy (non-hydrogen) atoms. The molecule has 0 radical (unpaired) electrons. The zero-order valence-corrected chi connectivity index (χ0v) is 7.62. The van der Waals surface area contributed by atoms with Crippen molar-refractivity contribution in [2.24, 2.45) is 0 Å². The molecule has 0 spiro atoms. The monoisotopic (exact) mass is 205 g/mol. The summed E-state index contributed by atoms with van der Waals surface area (Å²) in [4.78, 5) is 4.95. The minimum atomic E-state index is 0. The van der Waals surface area contributed by atoms with E-state index >= 15 is 0 Å². The molecule has 0 aliphatic carbocycles. The molecule has 0 aromatic carbocycles. The fraction of sp³-hybridized carbons (Fsp3) is 0.250. The second-order valence-corrected chi connectivity index (χ2v) is 2.34. The van der Waals surface area contributed by atoms with Gasteiger partial charge in [-0.1, -0.05) is 0 Å². The number of aromatic nitrogens is 1. The van der Waals surface area contributed by atoms with Crippen LogP contribution in [0.5, 0.6) is 0 Å². The van der Waals surface area contributed by atoms with Gasteiger partial charge in [0.25, 0.3) is 0 Å². The highest BCUT2D eigenvalue weighted by molar-refractivity contribution is 7.09. The van der Waals surface area contributed by atoms with E-state index in [1.54, 1.807) is 23.0 Å². The van der Waals surface area contributed by atoms with Gasteiger partial charge in [0, 0.05) is 11.1 Å². The maximum atomic E-state index is 5.44. The first-order chi connectivity index (χ1) is 3.43. The first-order valence-corrected chi connectivity index (χ1v) is 3.28. The van der Waals surface area contributed by atoms with Crippen LogP contribution in [0.2, 0.25) is 0 Å². The smallest absolute Gasteiger partial charge is 0.0794 e. The maximum Gasteiger partial charge on any atom is 0.0794 e. The largest absolute Gasteiger partial charge is 0.253 e. The van der Waals surface area contributed by atoms with E-state index in [1.165, 1.54) is 0 Å². The van der Waals surface area contributed by atoms with Gasteiger partial charge in [-0.3, -0.25) is 4.98 Å². The summed E-state index contributed by atoms with van der Waals surface area (Å²) >= 11 is 7.02. The Morgan fingerprint density at radius 2 is 2.22 bits per heavy atom. The molecule has 1 rings (SSSR count). The van der Waals surface area contributed by atoms with E-state index in [4.69, 9.17) is 11.6 Å². The summed E-state index contributed by atoms with van der Waals surface area (Å²) in [5.74, 6) is 0.588. The molecule has 0 fully saturated rings. The summed E-state index contributed by atoms with van der Waals surface area (Å²) in [7, 11) is 0. The van der Waals surface area contributed by atoms with Crippen LogP contribution in [0, 0.1) is 0 Å². The highest BCUT2D eigenvalue weighted by Crippen LogP contribution is 2.06. The highest BCUT2D eigenvalue weighted by Gasteiger charge is 1.85. The molecule has 0 saturated carbocycles. The average Bonchev–Trinajstić information content (AvgIpc) is 2.14. The van der Waals surface area contributed by atoms with Crippen molar-refractivity contribution in [3.8, 4) is 0 Å². The van der Waals surface area contributed by atoms with Gasteiger partial charge in [-0.05, 0) is 0 Å². The Morgan fingerprint density at radius 1 is 1.56 bits per heavy atom. The molecular formula is C4H6Cl3NS. The summed E-state index contributed by atoms with van der Waals surface area (Å²) in [5, 5.41) is 0. The third-order valence-corrected chi connectivity index (χ3v) is 1.84. The van der Waals surface area contributed by atoms with Crippen LogP contribution in [0.3, 0.4) is 0 Å². The Labute approximate surface area is 75.3 Å². The number of halogens is 3. The zero-order valence-electron chi connectivity index (χ0n) is 4.41. The first kappa shape index (κ1) is 12.2. The minimum Gasteiger partial charge on any atom is -0.253 e. The van der Waals surface area contributed by atoms with Crippen molar-refractivity contribution in [2.75, 3.05) is 0 Å². The number of hydrogen-bond acceptors (Lipinski definition) is 2. The van der Waals surface area contributed by atoms with Crippen LogP contribution in [-0.4, -0.2) is 4.98 Å². The quantitative estimate of drug-likeness (QED) is 0.644. The van der Waals surface area contributed by atoms with E-state index in [9.17, 15) is 0 Å². The first-order valence-electron chi connectivity index (χ1n) is 1.87. The summed E-state index contributed by atoms with van der Waals surface area (Å²) in [6.07, 6.45) is 1.78. The van der Waals surface area contributed by atoms with Crippen molar-refractivity contribution in [3.63, 3.8) is 0 Å². The third kappa shape index (κ3) is 3.98. The van der Waals surface area contributed by atoms with Crippen molar-refractivity contribution < 1.29 is 0 Å². The Bertz CT molecular complexity index is 130. The van der Waals surface area contributed by atoms with Crippen LogP contribution >= 0.6 is 47.8 Å². The molecule has 0 atom stereocenters. The molecule has 1 aromatic rings. The average molecular weight is 207 g/mol. The van der Waals surface area contributed by atoms with Gasteiger partial charge in [0.1, 0.15) is 0 Å². The van der Waals surface area contributed by atoms with E-state index in [-0.39, 0.29) is 24.8 Å².